The van der Waals surface area contributed by atoms with Gasteiger partial charge in [-0.15, -0.1) is 0 Å². The summed E-state index contributed by atoms with van der Waals surface area (Å²) in [7, 11) is 0. The average Bonchev–Trinajstić information content (AvgIpc) is 2.87. The first-order chi connectivity index (χ1) is 10.2. The highest BCUT2D eigenvalue weighted by Crippen LogP contribution is 2.32. The van der Waals surface area contributed by atoms with Gasteiger partial charge in [0.15, 0.2) is 0 Å². The number of esters is 1. The smallest absolute Gasteiger partial charge is 0.326 e. The lowest BCUT2D eigenvalue weighted by molar-refractivity contribution is -0.156. The molecule has 2 heterocycles. The highest BCUT2D eigenvalue weighted by molar-refractivity contribution is 8.18. The van der Waals surface area contributed by atoms with Gasteiger partial charge in [-0.1, -0.05) is 0 Å². The van der Waals surface area contributed by atoms with Crippen LogP contribution in [0.25, 0.3) is 6.08 Å². The number of furan rings is 1. The van der Waals surface area contributed by atoms with E-state index in [0.717, 1.165) is 16.7 Å². The Morgan fingerprint density at radius 3 is 2.59 bits per heavy atom. The van der Waals surface area contributed by atoms with Gasteiger partial charge in [0.25, 0.3) is 11.1 Å². The molecule has 0 aliphatic carbocycles. The molecule has 0 saturated carbocycles. The van der Waals surface area contributed by atoms with Crippen molar-refractivity contribution in [3.05, 3.63) is 28.6 Å². The minimum atomic E-state index is -0.666. The molecule has 1 fully saturated rings. The number of nitrogens with zero attached hydrogens (tertiary/aromatic N) is 1. The van der Waals surface area contributed by atoms with Gasteiger partial charge in [-0.05, 0) is 51.6 Å². The highest BCUT2D eigenvalue weighted by atomic mass is 32.2. The summed E-state index contributed by atoms with van der Waals surface area (Å²) in [6, 6.07) is 3.47. The number of hydrogen-bond donors (Lipinski definition) is 0. The maximum absolute atomic E-state index is 12.2. The molecule has 0 spiro atoms. The predicted octanol–water partition coefficient (Wildman–Crippen LogP) is 2.97. The van der Waals surface area contributed by atoms with Crippen molar-refractivity contribution in [1.29, 1.82) is 0 Å². The van der Waals surface area contributed by atoms with Crippen LogP contribution in [-0.2, 0) is 14.3 Å². The summed E-state index contributed by atoms with van der Waals surface area (Å²) in [6.07, 6.45) is 1.49. The van der Waals surface area contributed by atoms with E-state index in [-0.39, 0.29) is 4.91 Å². The molecule has 0 bridgehead atoms. The van der Waals surface area contributed by atoms with Gasteiger partial charge in [0.2, 0.25) is 0 Å². The summed E-state index contributed by atoms with van der Waals surface area (Å²) in [6.45, 7) is 6.55. The van der Waals surface area contributed by atoms with Crippen molar-refractivity contribution in [3.63, 3.8) is 0 Å². The zero-order valence-corrected chi connectivity index (χ0v) is 13.7. The third kappa shape index (κ3) is 4.00. The molecule has 1 aromatic rings. The number of amides is 2. The second-order valence-electron chi connectivity index (χ2n) is 5.80. The molecule has 1 saturated heterocycles. The Kier molecular flexibility index (Phi) is 4.46. The van der Waals surface area contributed by atoms with Gasteiger partial charge < -0.3 is 9.15 Å². The quantitative estimate of drug-likeness (QED) is 0.629. The molecule has 6 nitrogen and oxygen atoms in total. The van der Waals surface area contributed by atoms with Crippen molar-refractivity contribution < 1.29 is 23.5 Å². The number of aryl methyl sites for hydroxylation is 1. The van der Waals surface area contributed by atoms with Crippen LogP contribution < -0.4 is 0 Å². The lowest BCUT2D eigenvalue weighted by atomic mass is 10.2. The van der Waals surface area contributed by atoms with Crippen molar-refractivity contribution in [2.24, 2.45) is 0 Å². The molecule has 2 amide bonds. The molecule has 1 aromatic heterocycles. The zero-order chi connectivity index (χ0) is 16.5. The van der Waals surface area contributed by atoms with E-state index < -0.39 is 29.3 Å². The second kappa shape index (κ2) is 6.00. The molecule has 1 aliphatic rings. The van der Waals surface area contributed by atoms with Crippen molar-refractivity contribution in [2.75, 3.05) is 6.54 Å². The normalized spacial score (nSPS) is 17.5. The zero-order valence-electron chi connectivity index (χ0n) is 12.8. The Hall–Kier alpha value is -2.02. The summed E-state index contributed by atoms with van der Waals surface area (Å²) in [5.74, 6) is 0.0549. The number of carbonyl (C=O) groups excluding carboxylic acids is 3. The largest absolute Gasteiger partial charge is 0.462 e. The fourth-order valence-electron chi connectivity index (χ4n) is 1.80. The topological polar surface area (TPSA) is 76.8 Å². The van der Waals surface area contributed by atoms with Gasteiger partial charge in [-0.25, -0.2) is 0 Å². The molecular formula is C15H17NO5S. The lowest BCUT2D eigenvalue weighted by Crippen LogP contribution is -2.37. The first-order valence-corrected chi connectivity index (χ1v) is 7.51. The second-order valence-corrected chi connectivity index (χ2v) is 6.80. The summed E-state index contributed by atoms with van der Waals surface area (Å²) >= 11 is 0.777. The van der Waals surface area contributed by atoms with E-state index in [9.17, 15) is 14.4 Å². The van der Waals surface area contributed by atoms with Crippen LogP contribution in [0.5, 0.6) is 0 Å². The van der Waals surface area contributed by atoms with Gasteiger partial charge in [0.05, 0.1) is 4.91 Å². The Morgan fingerprint density at radius 2 is 2.05 bits per heavy atom. The molecule has 7 heteroatoms. The van der Waals surface area contributed by atoms with Crippen molar-refractivity contribution >= 4 is 35.0 Å². The predicted molar refractivity (Wildman–Crippen MR) is 82.0 cm³/mol. The van der Waals surface area contributed by atoms with Crippen LogP contribution in [0, 0.1) is 6.92 Å². The van der Waals surface area contributed by atoms with Crippen LogP contribution in [0.2, 0.25) is 0 Å². The Morgan fingerprint density at radius 1 is 1.36 bits per heavy atom. The van der Waals surface area contributed by atoms with Crippen LogP contribution in [0.1, 0.15) is 32.3 Å². The first kappa shape index (κ1) is 16.4. The number of carbonyl (C=O) groups is 3. The molecule has 1 aliphatic heterocycles. The van der Waals surface area contributed by atoms with E-state index in [4.69, 9.17) is 9.15 Å². The average molecular weight is 323 g/mol. The van der Waals surface area contributed by atoms with Crippen molar-refractivity contribution in [1.82, 2.24) is 4.90 Å². The maximum atomic E-state index is 12.2. The van der Waals surface area contributed by atoms with Gasteiger partial charge in [-0.3, -0.25) is 19.3 Å². The molecule has 0 unspecified atom stereocenters. The van der Waals surface area contributed by atoms with Crippen molar-refractivity contribution in [2.45, 2.75) is 33.3 Å². The maximum Gasteiger partial charge on any atom is 0.326 e. The van der Waals surface area contributed by atoms with Gasteiger partial charge in [0.1, 0.15) is 23.7 Å². The number of ether oxygens (including phenoxy) is 1. The number of imide groups is 1. The molecule has 0 N–H and O–H groups in total. The SMILES string of the molecule is Cc1ccc(/C=C2/SC(=O)N(CC(=O)OC(C)(C)C)C2=O)o1. The fraction of sp³-hybridized carbons (Fsp3) is 0.400. The van der Waals surface area contributed by atoms with E-state index in [1.54, 1.807) is 39.8 Å². The van der Waals surface area contributed by atoms with Gasteiger partial charge in [0, 0.05) is 6.08 Å². The molecule has 2 rings (SSSR count). The first-order valence-electron chi connectivity index (χ1n) is 6.69. The van der Waals surface area contributed by atoms with E-state index >= 15 is 0 Å². The summed E-state index contributed by atoms with van der Waals surface area (Å²) < 4.78 is 10.5. The minimum absolute atomic E-state index is 0.225. The Balaban J connectivity index is 2.09. The van der Waals surface area contributed by atoms with Crippen molar-refractivity contribution in [3.8, 4) is 0 Å². The summed E-state index contributed by atoms with van der Waals surface area (Å²) in [4.78, 5) is 36.9. The van der Waals surface area contributed by atoms with Crippen LogP contribution in [0.4, 0.5) is 4.79 Å². The Labute approximate surface area is 132 Å². The summed E-state index contributed by atoms with van der Waals surface area (Å²) in [5, 5.41) is -0.495. The highest BCUT2D eigenvalue weighted by Gasteiger charge is 2.37. The summed E-state index contributed by atoms with van der Waals surface area (Å²) in [5.41, 5.74) is -0.666. The van der Waals surface area contributed by atoms with Crippen LogP contribution in [-0.4, -0.2) is 34.2 Å². The molecule has 0 atom stereocenters. The minimum Gasteiger partial charge on any atom is -0.462 e. The van der Waals surface area contributed by atoms with Crippen LogP contribution >= 0.6 is 11.8 Å². The van der Waals surface area contributed by atoms with E-state index in [0.29, 0.717) is 11.5 Å². The molecule has 0 aromatic carbocycles. The Bertz CT molecular complexity index is 653. The fourth-order valence-corrected chi connectivity index (χ4v) is 2.62. The number of hydrogen-bond acceptors (Lipinski definition) is 6. The lowest BCUT2D eigenvalue weighted by Gasteiger charge is -2.21. The third-order valence-electron chi connectivity index (χ3n) is 2.62. The molecule has 0 radical (unpaired) electrons. The van der Waals surface area contributed by atoms with Crippen LogP contribution in [0.15, 0.2) is 21.5 Å². The monoisotopic (exact) mass is 323 g/mol. The standard InChI is InChI=1S/C15H17NO5S/c1-9-5-6-10(20-9)7-11-13(18)16(14(19)22-11)8-12(17)21-15(2,3)4/h5-7H,8H2,1-4H3/b11-7+. The van der Waals surface area contributed by atoms with E-state index in [1.807, 2.05) is 0 Å². The molecule has 22 heavy (non-hydrogen) atoms. The van der Waals surface area contributed by atoms with Gasteiger partial charge in [-0.2, -0.15) is 0 Å². The van der Waals surface area contributed by atoms with E-state index in [2.05, 4.69) is 0 Å². The van der Waals surface area contributed by atoms with Gasteiger partial charge >= 0.3 is 5.97 Å². The van der Waals surface area contributed by atoms with E-state index in [1.165, 1.54) is 6.08 Å². The number of rotatable bonds is 3. The molecule has 118 valence electrons. The number of thioether (sulfide) groups is 1. The molecular weight excluding hydrogens is 306 g/mol. The van der Waals surface area contributed by atoms with Crippen LogP contribution in [0.3, 0.4) is 0 Å². The third-order valence-corrected chi connectivity index (χ3v) is 3.52.